The average molecular weight is 209 g/mol. The zero-order valence-corrected chi connectivity index (χ0v) is 9.13. The Bertz CT molecular complexity index is 303. The van der Waals surface area contributed by atoms with Gasteiger partial charge in [-0.05, 0) is 18.1 Å². The van der Waals surface area contributed by atoms with Gasteiger partial charge in [-0.2, -0.15) is 11.8 Å². The summed E-state index contributed by atoms with van der Waals surface area (Å²) in [6, 6.07) is 3.95. The van der Waals surface area contributed by atoms with Crippen LogP contribution in [0.5, 0.6) is 0 Å². The van der Waals surface area contributed by atoms with E-state index in [0.717, 1.165) is 24.2 Å². The number of pyridine rings is 1. The first-order chi connectivity index (χ1) is 6.68. The Morgan fingerprint density at radius 2 is 2.57 bits per heavy atom. The standard InChI is InChI=1S/C11H15NOS/c1-9-5-11(13,8-14-9)6-10-3-2-4-12-7-10/h2-4,7,9,13H,5-6,8H2,1H3. The van der Waals surface area contributed by atoms with Crippen molar-refractivity contribution in [3.8, 4) is 0 Å². The molecule has 3 heteroatoms. The zero-order chi connectivity index (χ0) is 10.0. The van der Waals surface area contributed by atoms with Crippen molar-refractivity contribution >= 4 is 11.8 Å². The molecule has 1 aliphatic heterocycles. The Hall–Kier alpha value is -0.540. The van der Waals surface area contributed by atoms with E-state index in [1.54, 1.807) is 6.20 Å². The van der Waals surface area contributed by atoms with Crippen LogP contribution in [0.2, 0.25) is 0 Å². The number of hydrogen-bond donors (Lipinski definition) is 1. The molecule has 0 spiro atoms. The highest BCUT2D eigenvalue weighted by molar-refractivity contribution is 8.00. The first-order valence-corrected chi connectivity index (χ1v) is 5.96. The van der Waals surface area contributed by atoms with Crippen LogP contribution in [-0.4, -0.2) is 26.7 Å². The topological polar surface area (TPSA) is 33.1 Å². The highest BCUT2D eigenvalue weighted by Gasteiger charge is 2.35. The molecule has 2 atom stereocenters. The van der Waals surface area contributed by atoms with Crippen molar-refractivity contribution < 1.29 is 5.11 Å². The molecule has 1 saturated heterocycles. The Balaban J connectivity index is 2.04. The molecule has 2 unspecified atom stereocenters. The first-order valence-electron chi connectivity index (χ1n) is 4.91. The third kappa shape index (κ3) is 2.28. The Morgan fingerprint density at radius 1 is 1.71 bits per heavy atom. The second kappa shape index (κ2) is 3.91. The van der Waals surface area contributed by atoms with E-state index in [4.69, 9.17) is 0 Å². The van der Waals surface area contributed by atoms with Gasteiger partial charge in [0.2, 0.25) is 0 Å². The molecule has 2 nitrogen and oxygen atoms in total. The predicted molar refractivity (Wildman–Crippen MR) is 59.4 cm³/mol. The maximum atomic E-state index is 10.3. The highest BCUT2D eigenvalue weighted by Crippen LogP contribution is 2.36. The largest absolute Gasteiger partial charge is 0.389 e. The molecule has 76 valence electrons. The molecule has 1 aromatic heterocycles. The minimum atomic E-state index is -0.507. The van der Waals surface area contributed by atoms with Crippen molar-refractivity contribution in [3.63, 3.8) is 0 Å². The molecular formula is C11H15NOS. The monoisotopic (exact) mass is 209 g/mol. The van der Waals surface area contributed by atoms with Crippen molar-refractivity contribution in [1.29, 1.82) is 0 Å². The van der Waals surface area contributed by atoms with Gasteiger partial charge in [0.15, 0.2) is 0 Å². The van der Waals surface area contributed by atoms with E-state index < -0.39 is 5.60 Å². The van der Waals surface area contributed by atoms with Crippen LogP contribution in [0.1, 0.15) is 18.9 Å². The minimum absolute atomic E-state index is 0.507. The molecule has 2 rings (SSSR count). The molecule has 0 saturated carbocycles. The van der Waals surface area contributed by atoms with Crippen molar-refractivity contribution in [2.24, 2.45) is 0 Å². The van der Waals surface area contributed by atoms with E-state index in [1.165, 1.54) is 0 Å². The molecule has 0 aliphatic carbocycles. The van der Waals surface area contributed by atoms with Gasteiger partial charge in [-0.3, -0.25) is 4.98 Å². The van der Waals surface area contributed by atoms with E-state index in [-0.39, 0.29) is 0 Å². The summed E-state index contributed by atoms with van der Waals surface area (Å²) >= 11 is 1.85. The summed E-state index contributed by atoms with van der Waals surface area (Å²) in [5.74, 6) is 0.850. The summed E-state index contributed by atoms with van der Waals surface area (Å²) in [4.78, 5) is 4.06. The van der Waals surface area contributed by atoms with Crippen LogP contribution in [0.4, 0.5) is 0 Å². The summed E-state index contributed by atoms with van der Waals surface area (Å²) in [5.41, 5.74) is 0.623. The van der Waals surface area contributed by atoms with E-state index in [0.29, 0.717) is 5.25 Å². The lowest BCUT2D eigenvalue weighted by atomic mass is 9.93. The van der Waals surface area contributed by atoms with Gasteiger partial charge in [0, 0.05) is 29.8 Å². The van der Waals surface area contributed by atoms with Gasteiger partial charge in [0.1, 0.15) is 0 Å². The maximum Gasteiger partial charge on any atom is 0.0789 e. The van der Waals surface area contributed by atoms with Crippen molar-refractivity contribution in [3.05, 3.63) is 30.1 Å². The number of nitrogens with zero attached hydrogens (tertiary/aromatic N) is 1. The fraction of sp³-hybridized carbons (Fsp3) is 0.545. The van der Waals surface area contributed by atoms with Crippen LogP contribution in [-0.2, 0) is 6.42 Å². The third-order valence-electron chi connectivity index (χ3n) is 2.56. The van der Waals surface area contributed by atoms with Crippen LogP contribution >= 0.6 is 11.8 Å². The van der Waals surface area contributed by atoms with Gasteiger partial charge in [-0.25, -0.2) is 0 Å². The predicted octanol–water partition coefficient (Wildman–Crippen LogP) is 1.88. The maximum absolute atomic E-state index is 10.3. The molecule has 1 fully saturated rings. The first kappa shape index (κ1) is 9.99. The van der Waals surface area contributed by atoms with E-state index in [9.17, 15) is 5.11 Å². The molecular weight excluding hydrogens is 194 g/mol. The molecule has 0 aromatic carbocycles. The summed E-state index contributed by atoms with van der Waals surface area (Å²) in [5, 5.41) is 10.8. The van der Waals surface area contributed by atoms with Crippen LogP contribution in [0.25, 0.3) is 0 Å². The van der Waals surface area contributed by atoms with E-state index >= 15 is 0 Å². The zero-order valence-electron chi connectivity index (χ0n) is 8.31. The number of aromatic nitrogens is 1. The number of rotatable bonds is 2. The molecule has 0 amide bonds. The SMILES string of the molecule is CC1CC(O)(Cc2cccnc2)CS1. The molecule has 2 heterocycles. The Kier molecular flexibility index (Phi) is 2.79. The van der Waals surface area contributed by atoms with E-state index in [2.05, 4.69) is 11.9 Å². The van der Waals surface area contributed by atoms with E-state index in [1.807, 2.05) is 30.1 Å². The smallest absolute Gasteiger partial charge is 0.0789 e. The van der Waals surface area contributed by atoms with Crippen LogP contribution < -0.4 is 0 Å². The second-order valence-electron chi connectivity index (χ2n) is 4.09. The van der Waals surface area contributed by atoms with Gasteiger partial charge in [-0.1, -0.05) is 13.0 Å². The van der Waals surface area contributed by atoms with Crippen molar-refractivity contribution in [2.75, 3.05) is 5.75 Å². The number of hydrogen-bond acceptors (Lipinski definition) is 3. The summed E-state index contributed by atoms with van der Waals surface area (Å²) in [6.07, 6.45) is 5.23. The Labute approximate surface area is 88.8 Å². The molecule has 0 bridgehead atoms. The van der Waals surface area contributed by atoms with Gasteiger partial charge in [-0.15, -0.1) is 0 Å². The normalized spacial score (nSPS) is 32.0. The molecule has 1 N–H and O–H groups in total. The molecule has 1 aromatic rings. The quantitative estimate of drug-likeness (QED) is 0.807. The van der Waals surface area contributed by atoms with Gasteiger partial charge >= 0.3 is 0 Å². The molecule has 1 aliphatic rings. The van der Waals surface area contributed by atoms with Gasteiger partial charge < -0.3 is 5.11 Å². The lowest BCUT2D eigenvalue weighted by Crippen LogP contribution is -2.31. The van der Waals surface area contributed by atoms with Crippen LogP contribution in [0.3, 0.4) is 0 Å². The summed E-state index contributed by atoms with van der Waals surface area (Å²) in [6.45, 7) is 2.17. The third-order valence-corrected chi connectivity index (χ3v) is 4.00. The summed E-state index contributed by atoms with van der Waals surface area (Å²) < 4.78 is 0. The average Bonchev–Trinajstić information content (AvgIpc) is 2.47. The fourth-order valence-corrected chi connectivity index (χ4v) is 3.20. The second-order valence-corrected chi connectivity index (χ2v) is 5.51. The summed E-state index contributed by atoms with van der Waals surface area (Å²) in [7, 11) is 0. The lowest BCUT2D eigenvalue weighted by molar-refractivity contribution is 0.0642. The van der Waals surface area contributed by atoms with Crippen LogP contribution in [0.15, 0.2) is 24.5 Å². The van der Waals surface area contributed by atoms with Gasteiger partial charge in [0.25, 0.3) is 0 Å². The van der Waals surface area contributed by atoms with Gasteiger partial charge in [0.05, 0.1) is 5.60 Å². The minimum Gasteiger partial charge on any atom is -0.389 e. The highest BCUT2D eigenvalue weighted by atomic mass is 32.2. The van der Waals surface area contributed by atoms with Crippen molar-refractivity contribution in [2.45, 2.75) is 30.6 Å². The Morgan fingerprint density at radius 3 is 3.14 bits per heavy atom. The number of thioether (sulfide) groups is 1. The molecule has 0 radical (unpaired) electrons. The number of aliphatic hydroxyl groups is 1. The molecule has 14 heavy (non-hydrogen) atoms. The lowest BCUT2D eigenvalue weighted by Gasteiger charge is -2.21. The van der Waals surface area contributed by atoms with Crippen LogP contribution in [0, 0.1) is 0 Å². The fourth-order valence-electron chi connectivity index (χ4n) is 1.96. The van der Waals surface area contributed by atoms with Crippen molar-refractivity contribution in [1.82, 2.24) is 4.98 Å².